The molecule has 0 aliphatic heterocycles. The highest BCUT2D eigenvalue weighted by Crippen LogP contribution is 2.29. The van der Waals surface area contributed by atoms with Gasteiger partial charge >= 0.3 is 36.4 Å². The molecule has 0 saturated carbocycles. The Bertz CT molecular complexity index is 769. The molecule has 0 unspecified atom stereocenters. The molecule has 1 rings (SSSR count). The number of carbonyl (C=O) groups is 3. The van der Waals surface area contributed by atoms with Crippen molar-refractivity contribution in [3.8, 4) is 0 Å². The van der Waals surface area contributed by atoms with Gasteiger partial charge in [0.1, 0.15) is 0 Å². The Kier molecular flexibility index (Phi) is 18.1. The van der Waals surface area contributed by atoms with Gasteiger partial charge in [-0.1, -0.05) is 20.8 Å². The number of rotatable bonds is 6. The first-order valence-electron chi connectivity index (χ1n) is 10.7. The van der Waals surface area contributed by atoms with Crippen molar-refractivity contribution in [2.75, 3.05) is 0 Å². The third-order valence-corrected chi connectivity index (χ3v) is 4.59. The molecule has 0 spiro atoms. The number of benzene rings is 1. The molecule has 1 aromatic carbocycles. The topological polar surface area (TPSA) is 190 Å². The molecule has 9 N–H and O–H groups in total. The molecular weight excluding hydrogens is 561 g/mol. The van der Waals surface area contributed by atoms with Crippen LogP contribution in [-0.2, 0) is 53.3 Å². The van der Waals surface area contributed by atoms with Crippen molar-refractivity contribution in [2.24, 2.45) is 17.2 Å². The summed E-state index contributed by atoms with van der Waals surface area (Å²) in [6.45, 7) is 8.26. The first-order valence-corrected chi connectivity index (χ1v) is 10.7. The monoisotopic (exact) mass is 591 g/mol. The van der Waals surface area contributed by atoms with Crippen molar-refractivity contribution in [3.63, 3.8) is 0 Å². The molecule has 0 aliphatic rings. The van der Waals surface area contributed by atoms with E-state index in [9.17, 15) is 39.5 Å². The van der Waals surface area contributed by atoms with E-state index in [-0.39, 0.29) is 0 Å². The lowest BCUT2D eigenvalue weighted by Gasteiger charge is -2.24. The Morgan fingerprint density at radius 2 is 0.615 bits per heavy atom. The van der Waals surface area contributed by atoms with Crippen molar-refractivity contribution in [3.05, 3.63) is 33.4 Å². The summed E-state index contributed by atoms with van der Waals surface area (Å²) in [4.78, 5) is 26.7. The number of nitrogens with two attached hydrogens (primary N) is 3. The highest BCUT2D eigenvalue weighted by Gasteiger charge is 2.39. The lowest BCUT2D eigenvalue weighted by Crippen LogP contribution is -2.21. The van der Waals surface area contributed by atoms with Gasteiger partial charge in [0.25, 0.3) is 0 Å². The number of alkyl halides is 9. The predicted octanol–water partition coefficient (Wildman–Crippen LogP) is 3.65. The molecule has 0 amide bonds. The molecule has 0 atom stereocenters. The molecule has 0 saturated heterocycles. The summed E-state index contributed by atoms with van der Waals surface area (Å²) in [5.41, 5.74) is 25.8. The van der Waals surface area contributed by atoms with Gasteiger partial charge in [0, 0.05) is 19.6 Å². The van der Waals surface area contributed by atoms with Crippen LogP contribution in [0.2, 0.25) is 0 Å². The van der Waals surface area contributed by atoms with Crippen LogP contribution in [0.15, 0.2) is 0 Å². The van der Waals surface area contributed by atoms with Gasteiger partial charge in [0.05, 0.1) is 0 Å². The van der Waals surface area contributed by atoms with E-state index in [2.05, 4.69) is 20.8 Å². The molecule has 18 heteroatoms. The summed E-state index contributed by atoms with van der Waals surface area (Å²) in [7, 11) is 0. The van der Waals surface area contributed by atoms with Crippen LogP contribution in [0, 0.1) is 0 Å². The Balaban J connectivity index is -0.000000511. The summed E-state index contributed by atoms with van der Waals surface area (Å²) in [6.07, 6.45) is -12.3. The standard InChI is InChI=1S/C15H27N3.3C2HF3O2/c1-4-10-13(7-16)11(5-2)15(9-18)12(6-3)14(10)8-17;3*3-2(4,5)1(6)7/h4-9,16-18H2,1-3H3;3*(H,6,7). The molecular formula is C21H30F9N3O6. The third kappa shape index (κ3) is 14.6. The smallest absolute Gasteiger partial charge is 0.475 e. The van der Waals surface area contributed by atoms with Crippen LogP contribution >= 0.6 is 0 Å². The number of hydrogen-bond donors (Lipinski definition) is 6. The van der Waals surface area contributed by atoms with Crippen LogP contribution in [0.1, 0.15) is 54.2 Å². The van der Waals surface area contributed by atoms with Gasteiger partial charge in [-0.25, -0.2) is 14.4 Å². The van der Waals surface area contributed by atoms with Gasteiger partial charge in [-0.2, -0.15) is 39.5 Å². The van der Waals surface area contributed by atoms with E-state index in [1.807, 2.05) is 0 Å². The molecule has 0 heterocycles. The third-order valence-electron chi connectivity index (χ3n) is 4.59. The van der Waals surface area contributed by atoms with Gasteiger partial charge in [-0.15, -0.1) is 0 Å². The van der Waals surface area contributed by atoms with E-state index >= 15 is 0 Å². The van der Waals surface area contributed by atoms with Crippen LogP contribution < -0.4 is 17.2 Å². The Morgan fingerprint density at radius 1 is 0.487 bits per heavy atom. The summed E-state index contributed by atoms with van der Waals surface area (Å²) in [5.74, 6) is -8.27. The Morgan fingerprint density at radius 3 is 0.667 bits per heavy atom. The van der Waals surface area contributed by atoms with E-state index in [4.69, 9.17) is 46.9 Å². The molecule has 0 aromatic heterocycles. The largest absolute Gasteiger partial charge is 0.490 e. The minimum Gasteiger partial charge on any atom is -0.475 e. The first-order chi connectivity index (χ1) is 17.5. The second-order valence-electron chi connectivity index (χ2n) is 6.95. The van der Waals surface area contributed by atoms with Crippen LogP contribution in [0.25, 0.3) is 0 Å². The average Bonchev–Trinajstić information content (AvgIpc) is 2.80. The van der Waals surface area contributed by atoms with Gasteiger partial charge in [0.2, 0.25) is 0 Å². The summed E-state index contributed by atoms with van der Waals surface area (Å²) >= 11 is 0. The number of carboxylic acid groups (broad SMARTS) is 3. The zero-order valence-corrected chi connectivity index (χ0v) is 20.9. The van der Waals surface area contributed by atoms with Crippen molar-refractivity contribution >= 4 is 17.9 Å². The molecule has 1 aromatic rings. The number of carboxylic acids is 3. The molecule has 228 valence electrons. The highest BCUT2D eigenvalue weighted by atomic mass is 19.4. The quantitative estimate of drug-likeness (QED) is 0.268. The minimum atomic E-state index is -5.08. The van der Waals surface area contributed by atoms with Crippen molar-refractivity contribution in [1.82, 2.24) is 0 Å². The maximum Gasteiger partial charge on any atom is 0.490 e. The molecule has 0 aliphatic carbocycles. The lowest BCUT2D eigenvalue weighted by atomic mass is 9.83. The van der Waals surface area contributed by atoms with E-state index in [0.717, 1.165) is 19.3 Å². The second kappa shape index (κ2) is 17.5. The fourth-order valence-corrected chi connectivity index (χ4v) is 3.11. The van der Waals surface area contributed by atoms with E-state index in [1.165, 1.54) is 33.4 Å². The van der Waals surface area contributed by atoms with Gasteiger partial charge in [-0.3, -0.25) is 0 Å². The zero-order valence-electron chi connectivity index (χ0n) is 20.9. The van der Waals surface area contributed by atoms with Gasteiger partial charge in [0.15, 0.2) is 0 Å². The van der Waals surface area contributed by atoms with E-state index < -0.39 is 36.4 Å². The van der Waals surface area contributed by atoms with Crippen LogP contribution in [0.4, 0.5) is 39.5 Å². The summed E-state index contributed by atoms with van der Waals surface area (Å²) in [5, 5.41) is 21.4. The molecule has 39 heavy (non-hydrogen) atoms. The SMILES string of the molecule is CCc1c(CN)c(CC)c(CN)c(CC)c1CN.O=C(O)C(F)(F)F.O=C(O)C(F)(F)F.O=C(O)C(F)(F)F. The number of aliphatic carboxylic acids is 3. The van der Waals surface area contributed by atoms with Gasteiger partial charge in [-0.05, 0) is 52.6 Å². The molecule has 0 radical (unpaired) electrons. The highest BCUT2D eigenvalue weighted by molar-refractivity contribution is 5.73. The summed E-state index contributed by atoms with van der Waals surface area (Å²) < 4.78 is 95.2. The lowest BCUT2D eigenvalue weighted by molar-refractivity contribution is -0.193. The average molecular weight is 591 g/mol. The van der Waals surface area contributed by atoms with Crippen LogP contribution in [-0.4, -0.2) is 51.8 Å². The first kappa shape index (κ1) is 40.4. The summed E-state index contributed by atoms with van der Waals surface area (Å²) in [6, 6.07) is 0. The van der Waals surface area contributed by atoms with E-state index in [0.29, 0.717) is 19.6 Å². The van der Waals surface area contributed by atoms with Crippen LogP contribution in [0.5, 0.6) is 0 Å². The molecule has 0 fully saturated rings. The molecule has 9 nitrogen and oxygen atoms in total. The number of hydrogen-bond acceptors (Lipinski definition) is 6. The predicted molar refractivity (Wildman–Crippen MR) is 119 cm³/mol. The maximum atomic E-state index is 10.6. The van der Waals surface area contributed by atoms with Gasteiger partial charge < -0.3 is 32.5 Å². The Hall–Kier alpha value is -3.12. The Labute approximate surface area is 216 Å². The fraction of sp³-hybridized carbons (Fsp3) is 0.571. The minimum absolute atomic E-state index is 0.580. The normalized spacial score (nSPS) is 11.2. The van der Waals surface area contributed by atoms with Crippen molar-refractivity contribution in [2.45, 2.75) is 78.2 Å². The number of halogens is 9. The fourth-order valence-electron chi connectivity index (χ4n) is 3.11. The second-order valence-corrected chi connectivity index (χ2v) is 6.95. The van der Waals surface area contributed by atoms with Crippen molar-refractivity contribution in [1.29, 1.82) is 0 Å². The van der Waals surface area contributed by atoms with Crippen LogP contribution in [0.3, 0.4) is 0 Å². The zero-order chi connectivity index (χ0) is 31.9. The maximum absolute atomic E-state index is 10.6. The van der Waals surface area contributed by atoms with Crippen molar-refractivity contribution < 1.29 is 69.2 Å². The molecule has 0 bridgehead atoms. The van der Waals surface area contributed by atoms with E-state index in [1.54, 1.807) is 0 Å².